The van der Waals surface area contributed by atoms with Crippen LogP contribution in [0.3, 0.4) is 0 Å². The summed E-state index contributed by atoms with van der Waals surface area (Å²) in [4.78, 5) is 20.2. The first-order valence-corrected chi connectivity index (χ1v) is 7.58. The summed E-state index contributed by atoms with van der Waals surface area (Å²) in [6, 6.07) is 5.10. The molecule has 1 atom stereocenters. The van der Waals surface area contributed by atoms with Gasteiger partial charge in [0.25, 0.3) is 5.91 Å². The van der Waals surface area contributed by atoms with Crippen molar-refractivity contribution < 1.29 is 19.4 Å². The highest BCUT2D eigenvalue weighted by Gasteiger charge is 2.14. The third-order valence-corrected chi connectivity index (χ3v) is 3.53. The summed E-state index contributed by atoms with van der Waals surface area (Å²) < 4.78 is 10.4. The molecule has 7 heteroatoms. The van der Waals surface area contributed by atoms with Gasteiger partial charge in [-0.25, -0.2) is 9.97 Å². The number of hydrogen-bond donors (Lipinski definition) is 2. The minimum Gasteiger partial charge on any atom is -0.493 e. The third kappa shape index (κ3) is 4.20. The van der Waals surface area contributed by atoms with E-state index in [1.165, 1.54) is 19.5 Å². The molecule has 0 bridgehead atoms. The lowest BCUT2D eigenvalue weighted by Crippen LogP contribution is -2.28. The Morgan fingerprint density at radius 2 is 1.88 bits per heavy atom. The second-order valence-corrected chi connectivity index (χ2v) is 5.08. The van der Waals surface area contributed by atoms with Crippen LogP contribution in [0.5, 0.6) is 11.5 Å². The number of amides is 1. The van der Waals surface area contributed by atoms with E-state index in [2.05, 4.69) is 15.3 Å². The Kier molecular flexibility index (Phi) is 6.08. The number of hydrogen-bond acceptors (Lipinski definition) is 6. The molecule has 1 amide bonds. The summed E-state index contributed by atoms with van der Waals surface area (Å²) in [6.07, 6.45) is 2.79. The average Bonchev–Trinajstić information content (AvgIpc) is 2.65. The van der Waals surface area contributed by atoms with Gasteiger partial charge in [-0.1, -0.05) is 13.0 Å². The summed E-state index contributed by atoms with van der Waals surface area (Å²) in [5.41, 5.74) is 0.970. The molecule has 0 fully saturated rings. The van der Waals surface area contributed by atoms with Crippen molar-refractivity contribution in [3.63, 3.8) is 0 Å². The molecule has 0 aliphatic carbocycles. The van der Waals surface area contributed by atoms with Crippen LogP contribution in [0.25, 0.3) is 0 Å². The molecule has 24 heavy (non-hydrogen) atoms. The number of aliphatic hydroxyl groups excluding tert-OH is 1. The Bertz CT molecular complexity index is 689. The molecule has 0 radical (unpaired) electrons. The maximum Gasteiger partial charge on any atom is 0.254 e. The molecular formula is C17H21N3O4. The minimum atomic E-state index is -0.871. The van der Waals surface area contributed by atoms with Crippen molar-refractivity contribution in [1.82, 2.24) is 15.3 Å². The van der Waals surface area contributed by atoms with Crippen molar-refractivity contribution in [2.24, 2.45) is 0 Å². The lowest BCUT2D eigenvalue weighted by atomic mass is 10.1. The Morgan fingerprint density at radius 3 is 2.46 bits per heavy atom. The Morgan fingerprint density at radius 1 is 1.21 bits per heavy atom. The molecular weight excluding hydrogens is 310 g/mol. The number of aryl methyl sites for hydroxylation is 1. The maximum atomic E-state index is 12.1. The van der Waals surface area contributed by atoms with Crippen molar-refractivity contribution in [2.75, 3.05) is 20.8 Å². The fourth-order valence-corrected chi connectivity index (χ4v) is 2.12. The first-order valence-electron chi connectivity index (χ1n) is 7.58. The van der Waals surface area contributed by atoms with Gasteiger partial charge in [-0.15, -0.1) is 0 Å². The number of carbonyl (C=O) groups is 1. The van der Waals surface area contributed by atoms with Gasteiger partial charge in [0.2, 0.25) is 0 Å². The van der Waals surface area contributed by atoms with Crippen molar-refractivity contribution in [3.05, 3.63) is 47.5 Å². The summed E-state index contributed by atoms with van der Waals surface area (Å²) in [6.45, 7) is 2.00. The Hall–Kier alpha value is -2.67. The van der Waals surface area contributed by atoms with Crippen LogP contribution in [-0.2, 0) is 6.42 Å². The maximum absolute atomic E-state index is 12.1. The monoisotopic (exact) mass is 331 g/mol. The highest BCUT2D eigenvalue weighted by Crippen LogP contribution is 2.29. The molecule has 1 aromatic heterocycles. The van der Waals surface area contributed by atoms with Crippen LogP contribution >= 0.6 is 0 Å². The zero-order chi connectivity index (χ0) is 17.5. The van der Waals surface area contributed by atoms with E-state index in [4.69, 9.17) is 9.47 Å². The molecule has 2 rings (SSSR count). The Balaban J connectivity index is 1.99. The summed E-state index contributed by atoms with van der Waals surface area (Å²) >= 11 is 0. The van der Waals surface area contributed by atoms with Crippen molar-refractivity contribution in [2.45, 2.75) is 19.4 Å². The number of nitrogens with zero attached hydrogens (tertiary/aromatic N) is 2. The van der Waals surface area contributed by atoms with E-state index in [0.29, 0.717) is 34.9 Å². The molecule has 0 aliphatic rings. The van der Waals surface area contributed by atoms with Gasteiger partial charge in [0.1, 0.15) is 5.82 Å². The summed E-state index contributed by atoms with van der Waals surface area (Å²) in [5.74, 6) is 1.43. The van der Waals surface area contributed by atoms with Crippen LogP contribution in [-0.4, -0.2) is 41.7 Å². The van der Waals surface area contributed by atoms with E-state index in [-0.39, 0.29) is 12.5 Å². The van der Waals surface area contributed by atoms with E-state index in [9.17, 15) is 9.90 Å². The molecule has 0 saturated carbocycles. The van der Waals surface area contributed by atoms with Crippen LogP contribution < -0.4 is 14.8 Å². The van der Waals surface area contributed by atoms with Crippen molar-refractivity contribution in [1.29, 1.82) is 0 Å². The third-order valence-electron chi connectivity index (χ3n) is 3.53. The van der Waals surface area contributed by atoms with Crippen LogP contribution in [0, 0.1) is 0 Å². The molecule has 2 aromatic rings. The zero-order valence-corrected chi connectivity index (χ0v) is 13.9. The summed E-state index contributed by atoms with van der Waals surface area (Å²) in [5, 5.41) is 12.9. The van der Waals surface area contributed by atoms with Crippen molar-refractivity contribution in [3.8, 4) is 11.5 Å². The van der Waals surface area contributed by atoms with E-state index in [0.717, 1.165) is 0 Å². The van der Waals surface area contributed by atoms with Crippen LogP contribution in [0.2, 0.25) is 0 Å². The smallest absolute Gasteiger partial charge is 0.254 e. The second-order valence-electron chi connectivity index (χ2n) is 5.08. The molecule has 1 heterocycles. The van der Waals surface area contributed by atoms with Gasteiger partial charge in [0.05, 0.1) is 25.9 Å². The van der Waals surface area contributed by atoms with Gasteiger partial charge in [-0.3, -0.25) is 4.79 Å². The number of rotatable bonds is 7. The number of methoxy groups -OCH3 is 2. The van der Waals surface area contributed by atoms with Gasteiger partial charge < -0.3 is 19.9 Å². The SMILES string of the molecule is CCc1ncc(C(=O)NC[C@H](O)c2ccc(OC)c(OC)c2)cn1. The first kappa shape index (κ1) is 17.7. The fourth-order valence-electron chi connectivity index (χ4n) is 2.12. The minimum absolute atomic E-state index is 0.0594. The van der Waals surface area contributed by atoms with E-state index >= 15 is 0 Å². The lowest BCUT2D eigenvalue weighted by Gasteiger charge is -2.15. The van der Waals surface area contributed by atoms with Gasteiger partial charge >= 0.3 is 0 Å². The normalized spacial score (nSPS) is 11.7. The zero-order valence-electron chi connectivity index (χ0n) is 13.9. The first-order chi connectivity index (χ1) is 11.6. The van der Waals surface area contributed by atoms with Gasteiger partial charge in [0.15, 0.2) is 11.5 Å². The quantitative estimate of drug-likeness (QED) is 0.799. The molecule has 2 N–H and O–H groups in total. The number of benzene rings is 1. The summed E-state index contributed by atoms with van der Waals surface area (Å²) in [7, 11) is 3.07. The number of nitrogens with one attached hydrogen (secondary N) is 1. The molecule has 1 aromatic carbocycles. The lowest BCUT2D eigenvalue weighted by molar-refractivity contribution is 0.0915. The largest absolute Gasteiger partial charge is 0.493 e. The number of aromatic nitrogens is 2. The predicted molar refractivity (Wildman–Crippen MR) is 88.2 cm³/mol. The standard InChI is InChI=1S/C17H21N3O4/c1-4-16-18-8-12(9-19-16)17(22)20-10-13(21)11-5-6-14(23-2)15(7-11)24-3/h5-9,13,21H,4,10H2,1-3H3,(H,20,22)/t13-/m0/s1. The highest BCUT2D eigenvalue weighted by atomic mass is 16.5. The van der Waals surface area contributed by atoms with E-state index in [1.807, 2.05) is 6.92 Å². The van der Waals surface area contributed by atoms with Crippen molar-refractivity contribution >= 4 is 5.91 Å². The number of ether oxygens (including phenoxy) is 2. The molecule has 128 valence electrons. The second kappa shape index (κ2) is 8.26. The average molecular weight is 331 g/mol. The van der Waals surface area contributed by atoms with Gasteiger partial charge in [0, 0.05) is 25.4 Å². The molecule has 0 unspecified atom stereocenters. The molecule has 0 saturated heterocycles. The molecule has 0 spiro atoms. The number of carbonyl (C=O) groups excluding carboxylic acids is 1. The molecule has 7 nitrogen and oxygen atoms in total. The van der Waals surface area contributed by atoms with Gasteiger partial charge in [-0.2, -0.15) is 0 Å². The van der Waals surface area contributed by atoms with Crippen LogP contribution in [0.4, 0.5) is 0 Å². The van der Waals surface area contributed by atoms with E-state index in [1.54, 1.807) is 25.3 Å². The highest BCUT2D eigenvalue weighted by molar-refractivity contribution is 5.93. The Labute approximate surface area is 140 Å². The van der Waals surface area contributed by atoms with Crippen LogP contribution in [0.1, 0.15) is 34.8 Å². The van der Waals surface area contributed by atoms with E-state index < -0.39 is 6.10 Å². The molecule has 0 aliphatic heterocycles. The van der Waals surface area contributed by atoms with Gasteiger partial charge in [-0.05, 0) is 17.7 Å². The fraction of sp³-hybridized carbons (Fsp3) is 0.353. The topological polar surface area (TPSA) is 93.6 Å². The number of aliphatic hydroxyl groups is 1. The van der Waals surface area contributed by atoms with Crippen LogP contribution in [0.15, 0.2) is 30.6 Å². The predicted octanol–water partition coefficient (Wildman–Crippen LogP) is 1.52.